The zero-order chi connectivity index (χ0) is 24.4. The van der Waals surface area contributed by atoms with Crippen molar-refractivity contribution in [1.82, 2.24) is 0 Å². The average molecular weight is 517 g/mol. The zero-order valence-electron chi connectivity index (χ0n) is 20.3. The summed E-state index contributed by atoms with van der Waals surface area (Å²) < 4.78 is 70.1. The van der Waals surface area contributed by atoms with E-state index in [9.17, 15) is 0 Å². The Balaban J connectivity index is -0.000000296. The zero-order valence-corrected chi connectivity index (χ0v) is 24.0. The number of hydrogen-bond acceptors (Lipinski definition) is 6. The van der Waals surface area contributed by atoms with E-state index >= 15 is 0 Å². The molecule has 192 valence electrons. The fraction of sp³-hybridized carbons (Fsp3) is 1.00. The predicted octanol–water partition coefficient (Wildman–Crippen LogP) is 2.64. The van der Waals surface area contributed by atoms with E-state index in [1.54, 1.807) is 0 Å². The van der Waals surface area contributed by atoms with E-state index in [-0.39, 0.29) is 29.6 Å². The molecule has 3 N–H and O–H groups in total. The normalized spacial score (nSPS) is 10.9. The Morgan fingerprint density at radius 1 is 0.562 bits per heavy atom. The Hall–Kier alpha value is 0.700. The molecular weight excluding hydrogens is 471 g/mol. The van der Waals surface area contributed by atoms with Gasteiger partial charge >= 0.3 is 40.0 Å². The Morgan fingerprint density at radius 3 is 0.969 bits per heavy atom. The van der Waals surface area contributed by atoms with Gasteiger partial charge in [-0.1, -0.05) is 104 Å². The van der Waals surface area contributed by atoms with E-state index in [2.05, 4.69) is 13.8 Å². The first kappa shape index (κ1) is 39.9. The van der Waals surface area contributed by atoms with Gasteiger partial charge in [0.05, 0.1) is 0 Å². The predicted molar refractivity (Wildman–Crippen MR) is 123 cm³/mol. The van der Waals surface area contributed by atoms with Crippen molar-refractivity contribution >= 4 is 20.8 Å². The molecule has 0 unspecified atom stereocenters. The summed E-state index contributed by atoms with van der Waals surface area (Å²) in [5.41, 5.74) is 0. The Bertz CT molecular complexity index is 477. The maximum absolute atomic E-state index is 8.74. The van der Waals surface area contributed by atoms with Crippen LogP contribution in [0.15, 0.2) is 0 Å². The fourth-order valence-electron chi connectivity index (χ4n) is 2.78. The van der Waals surface area contributed by atoms with Gasteiger partial charge in [0.2, 0.25) is 10.4 Å². The molecule has 0 aromatic carbocycles. The molecule has 0 atom stereocenters. The molecule has 0 aromatic heterocycles. The van der Waals surface area contributed by atoms with Crippen LogP contribution in [0.25, 0.3) is 0 Å². The molecule has 0 spiro atoms. The number of rotatable bonds is 18. The first-order chi connectivity index (χ1) is 14.4. The van der Waals surface area contributed by atoms with Crippen LogP contribution in [-0.4, -0.2) is 48.3 Å². The molecule has 0 amide bonds. The Kier molecular flexibility index (Phi) is 37.1. The first-order valence-corrected chi connectivity index (χ1v) is 14.1. The second-order valence-corrected chi connectivity index (χ2v) is 9.19. The minimum Gasteiger partial charge on any atom is -0.726 e. The molecule has 0 heterocycles. The Morgan fingerprint density at radius 2 is 0.750 bits per heavy atom. The summed E-state index contributed by atoms with van der Waals surface area (Å²) in [4.78, 5) is 0. The maximum atomic E-state index is 8.74. The number of hydrogen-bond donors (Lipinski definition) is 3. The summed E-state index contributed by atoms with van der Waals surface area (Å²) in [7, 11) is -9.58. The molecule has 0 radical (unpaired) electrons. The molecule has 9 nitrogen and oxygen atoms in total. The third kappa shape index (κ3) is 77.4. The van der Waals surface area contributed by atoms with Crippen molar-refractivity contribution in [2.45, 2.75) is 117 Å². The van der Waals surface area contributed by atoms with Gasteiger partial charge in [0.25, 0.3) is 0 Å². The van der Waals surface area contributed by atoms with E-state index in [4.69, 9.17) is 39.8 Å². The molecule has 0 fully saturated rings. The van der Waals surface area contributed by atoms with E-state index in [0.717, 1.165) is 13.2 Å². The molecule has 32 heavy (non-hydrogen) atoms. The molecular formula is C20H45NaO9S2. The van der Waals surface area contributed by atoms with Gasteiger partial charge in [-0.3, -0.25) is 13.7 Å². The number of unbranched alkanes of at least 4 members (excludes halogenated alkanes) is 14. The second kappa shape index (κ2) is 29.7. The van der Waals surface area contributed by atoms with Gasteiger partial charge in [0.1, 0.15) is 0 Å². The minimum absolute atomic E-state index is 0. The van der Waals surface area contributed by atoms with Crippen LogP contribution in [0.5, 0.6) is 0 Å². The summed E-state index contributed by atoms with van der Waals surface area (Å²) in [6, 6.07) is 0. The van der Waals surface area contributed by atoms with Crippen molar-refractivity contribution < 1.29 is 69.3 Å². The van der Waals surface area contributed by atoms with E-state index in [1.807, 2.05) is 0 Å². The average Bonchev–Trinajstić information content (AvgIpc) is 2.61. The van der Waals surface area contributed by atoms with Crippen LogP contribution in [0, 0.1) is 0 Å². The Labute approximate surface area is 218 Å². The smallest absolute Gasteiger partial charge is 0.726 e. The maximum Gasteiger partial charge on any atom is 1.00 e. The SMILES string of the molecule is CCCCCCCCCCOCCCCCCCCCC.O=S(=O)(O)O.O=S(=O)([O-])O.[Na+]. The van der Waals surface area contributed by atoms with Crippen LogP contribution < -0.4 is 29.6 Å². The van der Waals surface area contributed by atoms with Crippen molar-refractivity contribution in [3.05, 3.63) is 0 Å². The molecule has 0 aromatic rings. The van der Waals surface area contributed by atoms with Gasteiger partial charge < -0.3 is 9.29 Å². The summed E-state index contributed by atoms with van der Waals surface area (Å²) in [6.07, 6.45) is 22.2. The van der Waals surface area contributed by atoms with Crippen molar-refractivity contribution in [2.24, 2.45) is 0 Å². The van der Waals surface area contributed by atoms with E-state index < -0.39 is 20.8 Å². The summed E-state index contributed by atoms with van der Waals surface area (Å²) in [5, 5.41) is 0. The van der Waals surface area contributed by atoms with Gasteiger partial charge in [0.15, 0.2) is 0 Å². The van der Waals surface area contributed by atoms with E-state index in [0.29, 0.717) is 0 Å². The fourth-order valence-corrected chi connectivity index (χ4v) is 2.78. The van der Waals surface area contributed by atoms with Crippen LogP contribution in [0.2, 0.25) is 0 Å². The largest absolute Gasteiger partial charge is 1.00 e. The quantitative estimate of drug-likeness (QED) is 0.108. The molecule has 0 saturated carbocycles. The van der Waals surface area contributed by atoms with Crippen molar-refractivity contribution in [3.8, 4) is 0 Å². The van der Waals surface area contributed by atoms with Crippen molar-refractivity contribution in [1.29, 1.82) is 0 Å². The third-order valence-electron chi connectivity index (χ3n) is 4.28. The van der Waals surface area contributed by atoms with Gasteiger partial charge in [-0.25, -0.2) is 8.42 Å². The van der Waals surface area contributed by atoms with Crippen LogP contribution in [0.3, 0.4) is 0 Å². The summed E-state index contributed by atoms with van der Waals surface area (Å²) >= 11 is 0. The molecule has 12 heteroatoms. The summed E-state index contributed by atoms with van der Waals surface area (Å²) in [5.74, 6) is 0. The first-order valence-electron chi connectivity index (χ1n) is 11.4. The van der Waals surface area contributed by atoms with Crippen molar-refractivity contribution in [2.75, 3.05) is 13.2 Å². The molecule has 0 aliphatic heterocycles. The monoisotopic (exact) mass is 516 g/mol. The minimum atomic E-state index is -4.92. The molecule has 0 saturated heterocycles. The summed E-state index contributed by atoms with van der Waals surface area (Å²) in [6.45, 7) is 6.55. The standard InChI is InChI=1S/C20H42O.Na.2H2O4S/c1-3-5-7-9-11-13-15-17-19-21-20-18-16-14-12-10-8-6-4-2;;2*1-5(2,3)4/h3-20H2,1-2H3;;2*(H2,1,2,3,4)/q;+1;;/p-1. The van der Waals surface area contributed by atoms with Gasteiger partial charge in [-0.15, -0.1) is 0 Å². The molecule has 0 aliphatic carbocycles. The molecule has 0 rings (SSSR count). The van der Waals surface area contributed by atoms with Crippen LogP contribution in [0.1, 0.15) is 117 Å². The number of ether oxygens (including phenoxy) is 1. The topological polar surface area (TPSA) is 161 Å². The second-order valence-electron chi connectivity index (χ2n) is 7.44. The molecule has 0 bridgehead atoms. The van der Waals surface area contributed by atoms with Crippen LogP contribution >= 0.6 is 0 Å². The molecule has 0 aliphatic rings. The van der Waals surface area contributed by atoms with Crippen molar-refractivity contribution in [3.63, 3.8) is 0 Å². The van der Waals surface area contributed by atoms with Gasteiger partial charge in [-0.05, 0) is 12.8 Å². The van der Waals surface area contributed by atoms with Crippen LogP contribution in [-0.2, 0) is 25.5 Å². The van der Waals surface area contributed by atoms with E-state index in [1.165, 1.54) is 103 Å². The van der Waals surface area contributed by atoms with Gasteiger partial charge in [0, 0.05) is 13.2 Å². The van der Waals surface area contributed by atoms with Gasteiger partial charge in [-0.2, -0.15) is 8.42 Å². The third-order valence-corrected chi connectivity index (χ3v) is 4.28. The van der Waals surface area contributed by atoms with Crippen LogP contribution in [0.4, 0.5) is 0 Å².